The molecule has 2 heteroatoms. The first-order chi connectivity index (χ1) is 6.31. The normalized spacial score (nSPS) is 10.6. The number of para-hydroxylation sites is 1. The maximum Gasteiger partial charge on any atom is 0.0706 e. The van der Waals surface area contributed by atoms with E-state index in [2.05, 4.69) is 40.0 Å². The molecule has 0 radical (unpaired) electrons. The minimum absolute atomic E-state index is 0.964. The van der Waals surface area contributed by atoms with E-state index < -0.39 is 0 Å². The van der Waals surface area contributed by atoms with Crippen LogP contribution in [0.3, 0.4) is 0 Å². The van der Waals surface area contributed by atoms with Crippen molar-refractivity contribution in [3.05, 3.63) is 40.5 Å². The molecule has 0 aliphatic carbocycles. The summed E-state index contributed by atoms with van der Waals surface area (Å²) in [4.78, 5) is 4.55. The topological polar surface area (TPSA) is 12.9 Å². The largest absolute Gasteiger partial charge is 0.252 e. The summed E-state index contributed by atoms with van der Waals surface area (Å²) in [5, 5.41) is 1.19. The van der Waals surface area contributed by atoms with Crippen LogP contribution in [0, 0.1) is 0 Å². The van der Waals surface area contributed by atoms with Crippen LogP contribution in [0.15, 0.2) is 34.8 Å². The van der Waals surface area contributed by atoms with Gasteiger partial charge in [0.05, 0.1) is 11.2 Å². The summed E-state index contributed by atoms with van der Waals surface area (Å²) in [6, 6.07) is 10.3. The van der Waals surface area contributed by atoms with E-state index in [0.29, 0.717) is 0 Å². The van der Waals surface area contributed by atoms with Crippen LogP contribution >= 0.6 is 15.9 Å². The van der Waals surface area contributed by atoms with Gasteiger partial charge < -0.3 is 0 Å². The fourth-order valence-electron chi connectivity index (χ4n) is 1.38. The summed E-state index contributed by atoms with van der Waals surface area (Å²) in [6.07, 6.45) is 0.964. The number of rotatable bonds is 1. The quantitative estimate of drug-likeness (QED) is 0.737. The Morgan fingerprint density at radius 3 is 2.85 bits per heavy atom. The van der Waals surface area contributed by atoms with Crippen LogP contribution in [0.2, 0.25) is 0 Å². The second-order valence-electron chi connectivity index (χ2n) is 2.96. The molecule has 0 atom stereocenters. The molecule has 0 aliphatic heterocycles. The fraction of sp³-hybridized carbons (Fsp3) is 0.182. The Balaban J connectivity index is 2.74. The molecule has 0 amide bonds. The summed E-state index contributed by atoms with van der Waals surface area (Å²) in [7, 11) is 0. The van der Waals surface area contributed by atoms with Crippen molar-refractivity contribution in [3.63, 3.8) is 0 Å². The Kier molecular flexibility index (Phi) is 2.32. The number of nitrogens with zero attached hydrogens (tertiary/aromatic N) is 1. The second kappa shape index (κ2) is 3.46. The van der Waals surface area contributed by atoms with Crippen molar-refractivity contribution in [1.29, 1.82) is 0 Å². The summed E-state index contributed by atoms with van der Waals surface area (Å²) < 4.78 is 1.11. The molecular weight excluding hydrogens is 226 g/mol. The van der Waals surface area contributed by atoms with Crippen molar-refractivity contribution in [2.75, 3.05) is 0 Å². The molecular formula is C11H10BrN. The van der Waals surface area contributed by atoms with Crippen molar-refractivity contribution in [1.82, 2.24) is 4.98 Å². The zero-order chi connectivity index (χ0) is 9.26. The lowest BCUT2D eigenvalue weighted by Gasteiger charge is -2.02. The van der Waals surface area contributed by atoms with E-state index in [4.69, 9.17) is 0 Å². The predicted molar refractivity (Wildman–Crippen MR) is 58.8 cm³/mol. The first-order valence-corrected chi connectivity index (χ1v) is 5.14. The number of fused-ring (bicyclic) bond motifs is 1. The van der Waals surface area contributed by atoms with E-state index in [9.17, 15) is 0 Å². The highest BCUT2D eigenvalue weighted by atomic mass is 79.9. The van der Waals surface area contributed by atoms with Crippen molar-refractivity contribution in [3.8, 4) is 0 Å². The van der Waals surface area contributed by atoms with E-state index in [0.717, 1.165) is 22.1 Å². The number of halogens is 1. The smallest absolute Gasteiger partial charge is 0.0706 e. The molecule has 1 aromatic carbocycles. The highest BCUT2D eigenvalue weighted by molar-refractivity contribution is 9.10. The van der Waals surface area contributed by atoms with Crippen LogP contribution in [0.5, 0.6) is 0 Å². The lowest BCUT2D eigenvalue weighted by atomic mass is 10.2. The third-order valence-electron chi connectivity index (χ3n) is 2.08. The Morgan fingerprint density at radius 2 is 2.08 bits per heavy atom. The van der Waals surface area contributed by atoms with Gasteiger partial charge >= 0.3 is 0 Å². The number of aryl methyl sites for hydroxylation is 1. The highest BCUT2D eigenvalue weighted by Crippen LogP contribution is 2.21. The molecule has 0 unspecified atom stereocenters. The molecule has 1 heterocycles. The van der Waals surface area contributed by atoms with E-state index in [-0.39, 0.29) is 0 Å². The van der Waals surface area contributed by atoms with Gasteiger partial charge in [0.1, 0.15) is 0 Å². The average molecular weight is 236 g/mol. The first-order valence-electron chi connectivity index (χ1n) is 4.35. The van der Waals surface area contributed by atoms with Crippen LogP contribution in [0.1, 0.15) is 12.6 Å². The Hall–Kier alpha value is -0.890. The number of pyridine rings is 1. The van der Waals surface area contributed by atoms with Gasteiger partial charge in [-0.05, 0) is 34.5 Å². The summed E-state index contributed by atoms with van der Waals surface area (Å²) in [6.45, 7) is 2.11. The molecule has 13 heavy (non-hydrogen) atoms. The minimum Gasteiger partial charge on any atom is -0.252 e. The van der Waals surface area contributed by atoms with Gasteiger partial charge in [-0.1, -0.05) is 25.1 Å². The Morgan fingerprint density at radius 1 is 1.31 bits per heavy atom. The molecule has 0 spiro atoms. The Bertz CT molecular complexity index is 437. The SMILES string of the molecule is CCc1nc2ccccc2cc1Br. The molecule has 2 rings (SSSR count). The third-order valence-corrected chi connectivity index (χ3v) is 2.77. The number of benzene rings is 1. The summed E-state index contributed by atoms with van der Waals surface area (Å²) in [5.41, 5.74) is 2.20. The highest BCUT2D eigenvalue weighted by Gasteiger charge is 2.01. The van der Waals surface area contributed by atoms with E-state index in [1.807, 2.05) is 18.2 Å². The molecule has 0 fully saturated rings. The second-order valence-corrected chi connectivity index (χ2v) is 3.82. The molecule has 0 bridgehead atoms. The van der Waals surface area contributed by atoms with Gasteiger partial charge in [-0.15, -0.1) is 0 Å². The van der Waals surface area contributed by atoms with Crippen LogP contribution in [-0.4, -0.2) is 4.98 Å². The zero-order valence-corrected chi connectivity index (χ0v) is 9.01. The number of aromatic nitrogens is 1. The molecule has 0 N–H and O–H groups in total. The molecule has 66 valence electrons. The van der Waals surface area contributed by atoms with Crippen molar-refractivity contribution in [2.24, 2.45) is 0 Å². The van der Waals surface area contributed by atoms with Crippen LogP contribution in [0.4, 0.5) is 0 Å². The molecule has 1 nitrogen and oxygen atoms in total. The van der Waals surface area contributed by atoms with Crippen LogP contribution < -0.4 is 0 Å². The van der Waals surface area contributed by atoms with Crippen LogP contribution in [-0.2, 0) is 6.42 Å². The van der Waals surface area contributed by atoms with Gasteiger partial charge in [0.2, 0.25) is 0 Å². The standard InChI is InChI=1S/C11H10BrN/c1-2-10-9(12)7-8-5-3-4-6-11(8)13-10/h3-7H,2H2,1H3. The molecule has 0 saturated carbocycles. The first kappa shape index (κ1) is 8.70. The third kappa shape index (κ3) is 1.59. The van der Waals surface area contributed by atoms with Gasteiger partial charge in [0.25, 0.3) is 0 Å². The lowest BCUT2D eigenvalue weighted by molar-refractivity contribution is 1.04. The van der Waals surface area contributed by atoms with Crippen molar-refractivity contribution >= 4 is 26.8 Å². The fourth-order valence-corrected chi connectivity index (χ4v) is 1.99. The van der Waals surface area contributed by atoms with E-state index in [1.165, 1.54) is 5.39 Å². The van der Waals surface area contributed by atoms with Gasteiger partial charge in [0.15, 0.2) is 0 Å². The Labute approximate surface area is 85.9 Å². The predicted octanol–water partition coefficient (Wildman–Crippen LogP) is 3.56. The molecule has 1 aromatic heterocycles. The molecule has 0 aliphatic rings. The summed E-state index contributed by atoms with van der Waals surface area (Å²) in [5.74, 6) is 0. The van der Waals surface area contributed by atoms with E-state index >= 15 is 0 Å². The molecule has 2 aromatic rings. The van der Waals surface area contributed by atoms with Gasteiger partial charge in [-0.2, -0.15) is 0 Å². The van der Waals surface area contributed by atoms with Gasteiger partial charge in [0, 0.05) is 9.86 Å². The monoisotopic (exact) mass is 235 g/mol. The van der Waals surface area contributed by atoms with Gasteiger partial charge in [-0.25, -0.2) is 0 Å². The average Bonchev–Trinajstić information content (AvgIpc) is 2.17. The minimum atomic E-state index is 0.964. The van der Waals surface area contributed by atoms with E-state index in [1.54, 1.807) is 0 Å². The molecule has 0 saturated heterocycles. The number of hydrogen-bond acceptors (Lipinski definition) is 1. The van der Waals surface area contributed by atoms with Gasteiger partial charge in [-0.3, -0.25) is 4.98 Å². The van der Waals surface area contributed by atoms with Crippen molar-refractivity contribution in [2.45, 2.75) is 13.3 Å². The zero-order valence-electron chi connectivity index (χ0n) is 7.42. The maximum atomic E-state index is 4.55. The lowest BCUT2D eigenvalue weighted by Crippen LogP contribution is -1.89. The maximum absolute atomic E-state index is 4.55. The van der Waals surface area contributed by atoms with Crippen molar-refractivity contribution < 1.29 is 0 Å². The van der Waals surface area contributed by atoms with Crippen LogP contribution in [0.25, 0.3) is 10.9 Å². The number of hydrogen-bond donors (Lipinski definition) is 0. The summed E-state index contributed by atoms with van der Waals surface area (Å²) >= 11 is 3.52.